The second-order valence-electron chi connectivity index (χ2n) is 6.39. The van der Waals surface area contributed by atoms with Crippen LogP contribution in [0.2, 0.25) is 0 Å². The molecule has 1 aromatic carbocycles. The lowest BCUT2D eigenvalue weighted by atomic mass is 9.58. The largest absolute Gasteiger partial charge is 0.378 e. The van der Waals surface area contributed by atoms with E-state index >= 15 is 0 Å². The van der Waals surface area contributed by atoms with Gasteiger partial charge < -0.3 is 4.74 Å². The molecule has 0 unspecified atom stereocenters. The minimum Gasteiger partial charge on any atom is -0.378 e. The lowest BCUT2D eigenvalue weighted by Crippen LogP contribution is -2.46. The number of hydrogen-bond acceptors (Lipinski definition) is 1. The van der Waals surface area contributed by atoms with Crippen LogP contribution in [0, 0.1) is 18.3 Å². The molecular formula is C18H22O. The fourth-order valence-corrected chi connectivity index (χ4v) is 3.69. The molecular weight excluding hydrogens is 232 g/mol. The molecule has 0 spiro atoms. The van der Waals surface area contributed by atoms with Crippen molar-refractivity contribution < 1.29 is 4.74 Å². The Bertz CT molecular complexity index is 569. The standard InChI is InChI=1S/C18H22O/c1-13-7-5-6-8-15(13)16-11-14-9-10-17(16,2)12-18(14,3)19-4/h5-11,14H,12H2,1-4H3/t14-,17-,18-/m1/s1. The van der Waals surface area contributed by atoms with E-state index in [0.29, 0.717) is 5.92 Å². The Balaban J connectivity index is 2.11. The van der Waals surface area contributed by atoms with Gasteiger partial charge in [0, 0.05) is 18.4 Å². The minimum atomic E-state index is -0.0598. The lowest BCUT2D eigenvalue weighted by Gasteiger charge is -2.50. The van der Waals surface area contributed by atoms with E-state index in [4.69, 9.17) is 4.74 Å². The molecule has 0 heterocycles. The third-order valence-electron chi connectivity index (χ3n) is 4.96. The fraction of sp³-hybridized carbons (Fsp3) is 0.444. The highest BCUT2D eigenvalue weighted by atomic mass is 16.5. The maximum atomic E-state index is 5.80. The minimum absolute atomic E-state index is 0.0598. The van der Waals surface area contributed by atoms with E-state index in [0.717, 1.165) is 6.42 Å². The van der Waals surface area contributed by atoms with E-state index in [2.05, 4.69) is 63.3 Å². The van der Waals surface area contributed by atoms with Crippen LogP contribution in [0.5, 0.6) is 0 Å². The third-order valence-corrected chi connectivity index (χ3v) is 4.96. The van der Waals surface area contributed by atoms with Gasteiger partial charge in [0.1, 0.15) is 0 Å². The van der Waals surface area contributed by atoms with Crippen molar-refractivity contribution in [2.24, 2.45) is 11.3 Å². The number of aryl methyl sites for hydroxylation is 1. The van der Waals surface area contributed by atoms with Crippen LogP contribution < -0.4 is 0 Å². The van der Waals surface area contributed by atoms with Gasteiger partial charge in [0.05, 0.1) is 5.60 Å². The summed E-state index contributed by atoms with van der Waals surface area (Å²) in [5, 5.41) is 0. The van der Waals surface area contributed by atoms with Crippen LogP contribution in [-0.2, 0) is 4.74 Å². The molecule has 19 heavy (non-hydrogen) atoms. The zero-order valence-corrected chi connectivity index (χ0v) is 12.2. The Morgan fingerprint density at radius 2 is 1.95 bits per heavy atom. The van der Waals surface area contributed by atoms with Gasteiger partial charge in [0.15, 0.2) is 0 Å². The van der Waals surface area contributed by atoms with Crippen LogP contribution in [0.25, 0.3) is 5.57 Å². The summed E-state index contributed by atoms with van der Waals surface area (Å²) in [5.74, 6) is 0.383. The Kier molecular flexibility index (Phi) is 2.72. The van der Waals surface area contributed by atoms with Gasteiger partial charge in [-0.3, -0.25) is 0 Å². The van der Waals surface area contributed by atoms with E-state index in [-0.39, 0.29) is 11.0 Å². The Morgan fingerprint density at radius 3 is 2.58 bits per heavy atom. The van der Waals surface area contributed by atoms with Crippen molar-refractivity contribution in [1.29, 1.82) is 0 Å². The predicted molar refractivity (Wildman–Crippen MR) is 79.9 cm³/mol. The van der Waals surface area contributed by atoms with Crippen molar-refractivity contribution in [2.75, 3.05) is 7.11 Å². The fourth-order valence-electron chi connectivity index (χ4n) is 3.69. The third kappa shape index (κ3) is 1.80. The molecule has 0 fully saturated rings. The first-order valence-electron chi connectivity index (χ1n) is 7.01. The lowest BCUT2D eigenvalue weighted by molar-refractivity contribution is -0.0461. The van der Waals surface area contributed by atoms with Crippen molar-refractivity contribution in [3.8, 4) is 0 Å². The molecule has 3 aliphatic rings. The van der Waals surface area contributed by atoms with Gasteiger partial charge in [-0.2, -0.15) is 0 Å². The number of allylic oxidation sites excluding steroid dienone is 2. The van der Waals surface area contributed by atoms with Crippen molar-refractivity contribution in [2.45, 2.75) is 32.8 Å². The second kappa shape index (κ2) is 4.08. The number of benzene rings is 1. The van der Waals surface area contributed by atoms with Crippen LogP contribution in [0.1, 0.15) is 31.4 Å². The summed E-state index contributed by atoms with van der Waals surface area (Å²) >= 11 is 0. The number of ether oxygens (including phenoxy) is 1. The molecule has 3 atom stereocenters. The van der Waals surface area contributed by atoms with E-state index < -0.39 is 0 Å². The van der Waals surface area contributed by atoms with Gasteiger partial charge in [-0.1, -0.05) is 49.4 Å². The van der Waals surface area contributed by atoms with Crippen molar-refractivity contribution in [1.82, 2.24) is 0 Å². The summed E-state index contributed by atoms with van der Waals surface area (Å²) < 4.78 is 5.80. The quantitative estimate of drug-likeness (QED) is 0.712. The van der Waals surface area contributed by atoms with E-state index in [1.165, 1.54) is 16.7 Å². The molecule has 4 rings (SSSR count). The van der Waals surface area contributed by atoms with Crippen molar-refractivity contribution in [3.05, 3.63) is 53.6 Å². The number of rotatable bonds is 2. The summed E-state index contributed by atoms with van der Waals surface area (Å²) in [7, 11) is 1.83. The van der Waals surface area contributed by atoms with Crippen LogP contribution in [-0.4, -0.2) is 12.7 Å². The monoisotopic (exact) mass is 254 g/mol. The molecule has 0 saturated heterocycles. The zero-order chi connectivity index (χ0) is 13.7. The highest BCUT2D eigenvalue weighted by Gasteiger charge is 2.48. The Labute approximate surface area is 116 Å². The molecule has 1 aromatic rings. The first-order chi connectivity index (χ1) is 8.98. The molecule has 0 saturated carbocycles. The summed E-state index contributed by atoms with van der Waals surface area (Å²) in [6.07, 6.45) is 8.15. The maximum Gasteiger partial charge on any atom is 0.0759 e. The Hall–Kier alpha value is -1.34. The Morgan fingerprint density at radius 1 is 1.21 bits per heavy atom. The van der Waals surface area contributed by atoms with E-state index in [1.807, 2.05) is 7.11 Å². The van der Waals surface area contributed by atoms with E-state index in [1.54, 1.807) is 0 Å². The van der Waals surface area contributed by atoms with Gasteiger partial charge in [-0.15, -0.1) is 0 Å². The number of hydrogen-bond donors (Lipinski definition) is 0. The summed E-state index contributed by atoms with van der Waals surface area (Å²) in [6, 6.07) is 8.68. The van der Waals surface area contributed by atoms with Crippen LogP contribution in [0.4, 0.5) is 0 Å². The van der Waals surface area contributed by atoms with Crippen LogP contribution >= 0.6 is 0 Å². The van der Waals surface area contributed by atoms with Gasteiger partial charge in [-0.25, -0.2) is 0 Å². The molecule has 100 valence electrons. The van der Waals surface area contributed by atoms with Crippen molar-refractivity contribution in [3.63, 3.8) is 0 Å². The van der Waals surface area contributed by atoms with Gasteiger partial charge in [0.25, 0.3) is 0 Å². The maximum absolute atomic E-state index is 5.80. The molecule has 0 aromatic heterocycles. The highest BCUT2D eigenvalue weighted by molar-refractivity contribution is 5.77. The summed E-state index contributed by atoms with van der Waals surface area (Å²) in [4.78, 5) is 0. The number of methoxy groups -OCH3 is 1. The molecule has 0 radical (unpaired) electrons. The molecule has 1 nitrogen and oxygen atoms in total. The van der Waals surface area contributed by atoms with Crippen molar-refractivity contribution >= 4 is 5.57 Å². The summed E-state index contributed by atoms with van der Waals surface area (Å²) in [6.45, 7) is 6.75. The summed E-state index contributed by atoms with van der Waals surface area (Å²) in [5.41, 5.74) is 4.24. The topological polar surface area (TPSA) is 9.23 Å². The molecule has 0 amide bonds. The second-order valence-corrected chi connectivity index (χ2v) is 6.39. The smallest absolute Gasteiger partial charge is 0.0759 e. The number of fused-ring (bicyclic) bond motifs is 1. The first kappa shape index (κ1) is 12.7. The highest BCUT2D eigenvalue weighted by Crippen LogP contribution is 2.55. The van der Waals surface area contributed by atoms with Gasteiger partial charge in [-0.05, 0) is 37.0 Å². The molecule has 1 heteroatoms. The zero-order valence-electron chi connectivity index (χ0n) is 12.2. The first-order valence-corrected chi connectivity index (χ1v) is 7.01. The van der Waals surface area contributed by atoms with Crippen LogP contribution in [0.3, 0.4) is 0 Å². The molecule has 3 aliphatic carbocycles. The van der Waals surface area contributed by atoms with Gasteiger partial charge >= 0.3 is 0 Å². The normalized spacial score (nSPS) is 36.4. The molecule has 2 bridgehead atoms. The SMILES string of the molecule is CO[C@]1(C)C[C@@]2(C)C=C[C@@H]1C=C2c1ccccc1C. The predicted octanol–water partition coefficient (Wildman–Crippen LogP) is 4.38. The average molecular weight is 254 g/mol. The molecule has 0 aliphatic heterocycles. The van der Waals surface area contributed by atoms with Crippen LogP contribution in [0.15, 0.2) is 42.5 Å². The van der Waals surface area contributed by atoms with E-state index in [9.17, 15) is 0 Å². The van der Waals surface area contributed by atoms with Gasteiger partial charge in [0.2, 0.25) is 0 Å². The molecule has 0 N–H and O–H groups in total. The average Bonchev–Trinajstić information content (AvgIpc) is 2.39.